The van der Waals surface area contributed by atoms with E-state index in [4.69, 9.17) is 4.42 Å². The van der Waals surface area contributed by atoms with Crippen LogP contribution in [0.25, 0.3) is 0 Å². The molecule has 1 N–H and O–H groups in total. The Labute approximate surface area is 97.0 Å². The van der Waals surface area contributed by atoms with Gasteiger partial charge in [-0.15, -0.1) is 0 Å². The Morgan fingerprint density at radius 2 is 2.31 bits per heavy atom. The zero-order chi connectivity index (χ0) is 11.5. The van der Waals surface area contributed by atoms with Crippen molar-refractivity contribution in [1.82, 2.24) is 15.2 Å². The van der Waals surface area contributed by atoms with Crippen molar-refractivity contribution >= 4 is 0 Å². The second-order valence-electron chi connectivity index (χ2n) is 4.57. The zero-order valence-electron chi connectivity index (χ0n) is 10.4. The Hall–Kier alpha value is -0.870. The monoisotopic (exact) mass is 223 g/mol. The summed E-state index contributed by atoms with van der Waals surface area (Å²) in [4.78, 5) is 6.90. The molecule has 0 aromatic carbocycles. The number of aromatic nitrogens is 1. The summed E-state index contributed by atoms with van der Waals surface area (Å²) in [6, 6.07) is 0.637. The van der Waals surface area contributed by atoms with Gasteiger partial charge in [-0.1, -0.05) is 0 Å². The number of nitrogens with one attached hydrogen (secondary N) is 1. The summed E-state index contributed by atoms with van der Waals surface area (Å²) in [6.07, 6.45) is 2.56. The van der Waals surface area contributed by atoms with Crippen LogP contribution in [0.4, 0.5) is 0 Å². The summed E-state index contributed by atoms with van der Waals surface area (Å²) >= 11 is 0. The van der Waals surface area contributed by atoms with Gasteiger partial charge in [0, 0.05) is 12.6 Å². The minimum atomic E-state index is 0.637. The van der Waals surface area contributed by atoms with Crippen molar-refractivity contribution in [3.05, 3.63) is 17.3 Å². The van der Waals surface area contributed by atoms with E-state index in [2.05, 4.69) is 15.2 Å². The van der Waals surface area contributed by atoms with Gasteiger partial charge in [0.05, 0.1) is 12.2 Å². The molecular weight excluding hydrogens is 202 g/mol. The van der Waals surface area contributed by atoms with E-state index in [1.165, 1.54) is 12.8 Å². The molecule has 1 unspecified atom stereocenters. The van der Waals surface area contributed by atoms with Gasteiger partial charge in [0.1, 0.15) is 5.76 Å². The molecule has 4 nitrogen and oxygen atoms in total. The van der Waals surface area contributed by atoms with Crippen LogP contribution in [0.1, 0.15) is 30.2 Å². The second kappa shape index (κ2) is 4.97. The van der Waals surface area contributed by atoms with Crippen molar-refractivity contribution < 1.29 is 4.42 Å². The van der Waals surface area contributed by atoms with E-state index in [1.54, 1.807) is 0 Å². The number of nitrogens with zero attached hydrogens (tertiary/aromatic N) is 2. The Balaban J connectivity index is 1.98. The Bertz CT molecular complexity index is 329. The van der Waals surface area contributed by atoms with Gasteiger partial charge < -0.3 is 9.73 Å². The molecule has 2 heterocycles. The molecule has 1 atom stereocenters. The molecule has 4 heteroatoms. The first-order chi connectivity index (χ1) is 7.70. The SMILES string of the molecule is CNCC1CCCN1Cc1nc(C)c(C)o1. The molecule has 1 fully saturated rings. The first kappa shape index (κ1) is 11.6. The molecule has 16 heavy (non-hydrogen) atoms. The van der Waals surface area contributed by atoms with Crippen molar-refractivity contribution in [3.8, 4) is 0 Å². The molecule has 1 aliphatic rings. The number of likely N-dealkylation sites (N-methyl/N-ethyl adjacent to an activating group) is 1. The smallest absolute Gasteiger partial charge is 0.208 e. The average Bonchev–Trinajstić information content (AvgIpc) is 2.77. The molecule has 1 saturated heterocycles. The largest absolute Gasteiger partial charge is 0.444 e. The highest BCUT2D eigenvalue weighted by atomic mass is 16.4. The molecule has 2 rings (SSSR count). The summed E-state index contributed by atoms with van der Waals surface area (Å²) in [6.45, 7) is 7.03. The lowest BCUT2D eigenvalue weighted by Crippen LogP contribution is -2.36. The lowest BCUT2D eigenvalue weighted by Gasteiger charge is -2.22. The molecule has 0 spiro atoms. The topological polar surface area (TPSA) is 41.3 Å². The van der Waals surface area contributed by atoms with Crippen molar-refractivity contribution in [2.75, 3.05) is 20.1 Å². The maximum atomic E-state index is 5.63. The molecular formula is C12H21N3O. The quantitative estimate of drug-likeness (QED) is 0.839. The van der Waals surface area contributed by atoms with Crippen LogP contribution in [0.15, 0.2) is 4.42 Å². The van der Waals surface area contributed by atoms with Gasteiger partial charge in [0.15, 0.2) is 0 Å². The molecule has 1 aromatic rings. The van der Waals surface area contributed by atoms with Crippen molar-refractivity contribution in [2.24, 2.45) is 0 Å². The van der Waals surface area contributed by atoms with Crippen LogP contribution in [0.2, 0.25) is 0 Å². The third kappa shape index (κ3) is 2.44. The van der Waals surface area contributed by atoms with Gasteiger partial charge in [-0.25, -0.2) is 4.98 Å². The molecule has 0 radical (unpaired) electrons. The maximum absolute atomic E-state index is 5.63. The van der Waals surface area contributed by atoms with E-state index in [0.29, 0.717) is 6.04 Å². The van der Waals surface area contributed by atoms with Crippen LogP contribution in [0, 0.1) is 13.8 Å². The minimum Gasteiger partial charge on any atom is -0.444 e. The number of hydrogen-bond acceptors (Lipinski definition) is 4. The fourth-order valence-corrected chi connectivity index (χ4v) is 2.35. The predicted molar refractivity (Wildman–Crippen MR) is 63.3 cm³/mol. The van der Waals surface area contributed by atoms with Crippen LogP contribution >= 0.6 is 0 Å². The minimum absolute atomic E-state index is 0.637. The first-order valence-corrected chi connectivity index (χ1v) is 6.02. The zero-order valence-corrected chi connectivity index (χ0v) is 10.4. The highest BCUT2D eigenvalue weighted by molar-refractivity contribution is 5.05. The fraction of sp³-hybridized carbons (Fsp3) is 0.750. The van der Waals surface area contributed by atoms with E-state index >= 15 is 0 Å². The Morgan fingerprint density at radius 1 is 1.50 bits per heavy atom. The number of hydrogen-bond donors (Lipinski definition) is 1. The summed E-state index contributed by atoms with van der Waals surface area (Å²) in [5.74, 6) is 1.80. The van der Waals surface area contributed by atoms with Crippen LogP contribution in [-0.2, 0) is 6.54 Å². The van der Waals surface area contributed by atoms with Crippen LogP contribution in [0.3, 0.4) is 0 Å². The third-order valence-corrected chi connectivity index (χ3v) is 3.35. The van der Waals surface area contributed by atoms with Crippen molar-refractivity contribution in [2.45, 2.75) is 39.3 Å². The molecule has 1 aliphatic heterocycles. The number of likely N-dealkylation sites (tertiary alicyclic amines) is 1. The summed E-state index contributed by atoms with van der Waals surface area (Å²) < 4.78 is 5.63. The van der Waals surface area contributed by atoms with Gasteiger partial charge in [0.25, 0.3) is 0 Å². The third-order valence-electron chi connectivity index (χ3n) is 3.35. The average molecular weight is 223 g/mol. The van der Waals surface area contributed by atoms with E-state index in [0.717, 1.165) is 37.0 Å². The van der Waals surface area contributed by atoms with E-state index in [-0.39, 0.29) is 0 Å². The normalized spacial score (nSPS) is 21.8. The molecule has 0 bridgehead atoms. The van der Waals surface area contributed by atoms with E-state index in [9.17, 15) is 0 Å². The maximum Gasteiger partial charge on any atom is 0.208 e. The second-order valence-corrected chi connectivity index (χ2v) is 4.57. The highest BCUT2D eigenvalue weighted by Gasteiger charge is 2.25. The number of oxazole rings is 1. The van der Waals surface area contributed by atoms with Crippen molar-refractivity contribution in [3.63, 3.8) is 0 Å². The molecule has 0 amide bonds. The Kier molecular flexibility index (Phi) is 3.61. The lowest BCUT2D eigenvalue weighted by atomic mass is 10.2. The van der Waals surface area contributed by atoms with Gasteiger partial charge in [-0.2, -0.15) is 0 Å². The summed E-state index contributed by atoms with van der Waals surface area (Å²) in [5.41, 5.74) is 1.01. The molecule has 0 aliphatic carbocycles. The summed E-state index contributed by atoms with van der Waals surface area (Å²) in [5, 5.41) is 3.25. The van der Waals surface area contributed by atoms with Gasteiger partial charge in [-0.05, 0) is 40.3 Å². The highest BCUT2D eigenvalue weighted by Crippen LogP contribution is 2.20. The number of aryl methyl sites for hydroxylation is 2. The van der Waals surface area contributed by atoms with E-state index < -0.39 is 0 Å². The first-order valence-electron chi connectivity index (χ1n) is 6.02. The fourth-order valence-electron chi connectivity index (χ4n) is 2.35. The van der Waals surface area contributed by atoms with Crippen molar-refractivity contribution in [1.29, 1.82) is 0 Å². The van der Waals surface area contributed by atoms with Crippen LogP contribution in [-0.4, -0.2) is 36.1 Å². The molecule has 1 aromatic heterocycles. The number of rotatable bonds is 4. The van der Waals surface area contributed by atoms with E-state index in [1.807, 2.05) is 20.9 Å². The molecule has 90 valence electrons. The van der Waals surface area contributed by atoms with Gasteiger partial charge in [-0.3, -0.25) is 4.90 Å². The standard InChI is InChI=1S/C12H21N3O/c1-9-10(2)16-12(14-9)8-15-6-4-5-11(15)7-13-3/h11,13H,4-8H2,1-3H3. The van der Waals surface area contributed by atoms with Crippen LogP contribution in [0.5, 0.6) is 0 Å². The lowest BCUT2D eigenvalue weighted by molar-refractivity contribution is 0.218. The van der Waals surface area contributed by atoms with Gasteiger partial charge >= 0.3 is 0 Å². The predicted octanol–water partition coefficient (Wildman–Crippen LogP) is 1.48. The molecule has 0 saturated carbocycles. The summed E-state index contributed by atoms with van der Waals surface area (Å²) in [7, 11) is 2.01. The van der Waals surface area contributed by atoms with Gasteiger partial charge in [0.2, 0.25) is 5.89 Å². The Morgan fingerprint density at radius 3 is 2.94 bits per heavy atom. The van der Waals surface area contributed by atoms with Crippen LogP contribution < -0.4 is 5.32 Å².